The van der Waals surface area contributed by atoms with Gasteiger partial charge in [0.25, 0.3) is 0 Å². The molecule has 2 aromatic heterocycles. The van der Waals surface area contributed by atoms with Crippen LogP contribution in [0, 0.1) is 5.92 Å². The highest BCUT2D eigenvalue weighted by atomic mass is 32.2. The second-order valence-corrected chi connectivity index (χ2v) is 8.94. The van der Waals surface area contributed by atoms with Crippen LogP contribution in [0.1, 0.15) is 46.3 Å². The van der Waals surface area contributed by atoms with E-state index in [0.717, 1.165) is 43.6 Å². The Bertz CT molecular complexity index is 744. The third kappa shape index (κ3) is 5.51. The number of aromatic nitrogens is 3. The number of anilines is 1. The van der Waals surface area contributed by atoms with E-state index in [9.17, 15) is 4.79 Å². The average Bonchev–Trinajstić information content (AvgIpc) is 3.23. The molecular weight excluding hydrogens is 364 g/mol. The van der Waals surface area contributed by atoms with E-state index in [1.807, 2.05) is 37.5 Å². The monoisotopic (exact) mass is 392 g/mol. The first-order chi connectivity index (χ1) is 12.8. The molecule has 0 aliphatic carbocycles. The van der Waals surface area contributed by atoms with Crippen LogP contribution in [0.3, 0.4) is 0 Å². The molecule has 7 nitrogen and oxygen atoms in total. The predicted octanol–water partition coefficient (Wildman–Crippen LogP) is 3.59. The van der Waals surface area contributed by atoms with E-state index < -0.39 is 5.60 Å². The van der Waals surface area contributed by atoms with Gasteiger partial charge in [-0.3, -0.25) is 9.36 Å². The Morgan fingerprint density at radius 2 is 2.07 bits per heavy atom. The Morgan fingerprint density at radius 1 is 1.33 bits per heavy atom. The van der Waals surface area contributed by atoms with Gasteiger partial charge in [0.15, 0.2) is 5.16 Å². The van der Waals surface area contributed by atoms with E-state index in [1.165, 1.54) is 11.8 Å². The average molecular weight is 393 g/mol. The maximum absolute atomic E-state index is 12.1. The minimum Gasteiger partial charge on any atom is -0.467 e. The third-order valence-corrected chi connectivity index (χ3v) is 5.34. The lowest BCUT2D eigenvalue weighted by molar-refractivity contribution is -0.151. The van der Waals surface area contributed by atoms with Gasteiger partial charge in [-0.15, -0.1) is 10.2 Å². The summed E-state index contributed by atoms with van der Waals surface area (Å²) < 4.78 is 12.9. The molecule has 0 saturated carbocycles. The molecule has 0 atom stereocenters. The zero-order valence-electron chi connectivity index (χ0n) is 16.5. The van der Waals surface area contributed by atoms with Gasteiger partial charge in [0, 0.05) is 13.1 Å². The van der Waals surface area contributed by atoms with E-state index >= 15 is 0 Å². The molecule has 0 spiro atoms. The quantitative estimate of drug-likeness (QED) is 0.549. The number of thioether (sulfide) groups is 1. The summed E-state index contributed by atoms with van der Waals surface area (Å²) in [7, 11) is 0. The molecule has 1 aliphatic heterocycles. The minimum atomic E-state index is -0.491. The fourth-order valence-corrected chi connectivity index (χ4v) is 3.73. The van der Waals surface area contributed by atoms with Gasteiger partial charge in [-0.1, -0.05) is 18.7 Å². The molecule has 3 heterocycles. The second-order valence-electron chi connectivity index (χ2n) is 7.99. The molecule has 0 bridgehead atoms. The Balaban J connectivity index is 1.75. The standard InChI is InChI=1S/C19H28N4O3S/c1-14-7-9-22(10-8-14)17-20-21-18(23(17)12-15-6-5-11-25-15)27-13-16(24)26-19(2,3)4/h5-6,11,14H,7-10,12-13H2,1-4H3. The lowest BCUT2D eigenvalue weighted by Crippen LogP contribution is -2.35. The zero-order valence-corrected chi connectivity index (χ0v) is 17.3. The zero-order chi connectivity index (χ0) is 19.4. The fourth-order valence-electron chi connectivity index (χ4n) is 3.02. The van der Waals surface area contributed by atoms with Crippen molar-refractivity contribution in [3.8, 4) is 0 Å². The number of ether oxygens (including phenoxy) is 1. The van der Waals surface area contributed by atoms with Gasteiger partial charge >= 0.3 is 5.97 Å². The van der Waals surface area contributed by atoms with E-state index in [4.69, 9.17) is 9.15 Å². The van der Waals surface area contributed by atoms with Gasteiger partial charge in [-0.05, 0) is 51.7 Å². The Labute approximate surface area is 164 Å². The molecule has 8 heteroatoms. The summed E-state index contributed by atoms with van der Waals surface area (Å²) in [6.07, 6.45) is 3.96. The van der Waals surface area contributed by atoms with Gasteiger partial charge < -0.3 is 14.1 Å². The largest absolute Gasteiger partial charge is 0.467 e. The molecular formula is C19H28N4O3S. The van der Waals surface area contributed by atoms with Gasteiger partial charge in [-0.2, -0.15) is 0 Å². The van der Waals surface area contributed by atoms with Crippen molar-refractivity contribution in [2.24, 2.45) is 5.92 Å². The lowest BCUT2D eigenvalue weighted by Gasteiger charge is -2.31. The van der Waals surface area contributed by atoms with E-state index in [2.05, 4.69) is 22.0 Å². The Morgan fingerprint density at radius 3 is 2.70 bits per heavy atom. The summed E-state index contributed by atoms with van der Waals surface area (Å²) in [6.45, 7) is 10.4. The summed E-state index contributed by atoms with van der Waals surface area (Å²) in [6, 6.07) is 3.81. The van der Waals surface area contributed by atoms with Crippen LogP contribution in [0.4, 0.5) is 5.95 Å². The second kappa shape index (κ2) is 8.37. The molecule has 0 aromatic carbocycles. The summed E-state index contributed by atoms with van der Waals surface area (Å²) in [4.78, 5) is 14.3. The van der Waals surface area contributed by atoms with Crippen molar-refractivity contribution in [2.75, 3.05) is 23.7 Å². The Kier molecular flexibility index (Phi) is 6.14. The molecule has 3 rings (SSSR count). The third-order valence-electron chi connectivity index (χ3n) is 4.40. The molecule has 0 amide bonds. The number of furan rings is 1. The number of nitrogens with zero attached hydrogens (tertiary/aromatic N) is 4. The first-order valence-corrected chi connectivity index (χ1v) is 10.4. The van der Waals surface area contributed by atoms with E-state index in [1.54, 1.807) is 6.26 Å². The van der Waals surface area contributed by atoms with Gasteiger partial charge in [0.05, 0.1) is 18.6 Å². The van der Waals surface area contributed by atoms with Crippen LogP contribution in [0.2, 0.25) is 0 Å². The van der Waals surface area contributed by atoms with Crippen molar-refractivity contribution in [3.05, 3.63) is 24.2 Å². The number of piperidine rings is 1. The highest BCUT2D eigenvalue weighted by Crippen LogP contribution is 2.27. The topological polar surface area (TPSA) is 73.4 Å². The fraction of sp³-hybridized carbons (Fsp3) is 0.632. The van der Waals surface area contributed by atoms with Crippen molar-refractivity contribution in [3.63, 3.8) is 0 Å². The number of rotatable bonds is 6. The van der Waals surface area contributed by atoms with Crippen LogP contribution < -0.4 is 4.90 Å². The van der Waals surface area contributed by atoms with Gasteiger partial charge in [0.1, 0.15) is 11.4 Å². The smallest absolute Gasteiger partial charge is 0.316 e. The van der Waals surface area contributed by atoms with Crippen molar-refractivity contribution in [1.29, 1.82) is 0 Å². The molecule has 0 unspecified atom stereocenters. The lowest BCUT2D eigenvalue weighted by atomic mass is 10.00. The minimum absolute atomic E-state index is 0.199. The van der Waals surface area contributed by atoms with Crippen molar-refractivity contribution >= 4 is 23.7 Å². The van der Waals surface area contributed by atoms with Gasteiger partial charge in [-0.25, -0.2) is 0 Å². The summed E-state index contributed by atoms with van der Waals surface area (Å²) in [5.74, 6) is 2.35. The maximum atomic E-state index is 12.1. The SMILES string of the molecule is CC1CCN(c2nnc(SCC(=O)OC(C)(C)C)n2Cc2ccco2)CC1. The van der Waals surface area contributed by atoms with Crippen LogP contribution in [-0.2, 0) is 16.1 Å². The van der Waals surface area contributed by atoms with Crippen LogP contribution >= 0.6 is 11.8 Å². The first-order valence-electron chi connectivity index (χ1n) is 9.37. The molecule has 0 radical (unpaired) electrons. The molecule has 1 fully saturated rings. The summed E-state index contributed by atoms with van der Waals surface area (Å²) >= 11 is 1.35. The van der Waals surface area contributed by atoms with Crippen molar-refractivity contribution < 1.29 is 13.9 Å². The maximum Gasteiger partial charge on any atom is 0.316 e. The summed E-state index contributed by atoms with van der Waals surface area (Å²) in [5.41, 5.74) is -0.491. The normalized spacial score (nSPS) is 15.9. The van der Waals surface area contributed by atoms with Crippen LogP contribution in [0.5, 0.6) is 0 Å². The van der Waals surface area contributed by atoms with Crippen LogP contribution in [0.15, 0.2) is 28.0 Å². The molecule has 148 valence electrons. The Hall–Kier alpha value is -1.96. The molecule has 2 aromatic rings. The van der Waals surface area contributed by atoms with E-state index in [0.29, 0.717) is 11.7 Å². The van der Waals surface area contributed by atoms with Crippen molar-refractivity contribution in [1.82, 2.24) is 14.8 Å². The number of hydrogen-bond donors (Lipinski definition) is 0. The van der Waals surface area contributed by atoms with Gasteiger partial charge in [0.2, 0.25) is 5.95 Å². The number of esters is 1. The molecule has 1 aliphatic rings. The highest BCUT2D eigenvalue weighted by molar-refractivity contribution is 7.99. The number of carbonyl (C=O) groups is 1. The van der Waals surface area contributed by atoms with Crippen LogP contribution in [0.25, 0.3) is 0 Å². The summed E-state index contributed by atoms with van der Waals surface area (Å²) in [5, 5.41) is 9.47. The number of hydrogen-bond acceptors (Lipinski definition) is 7. The van der Waals surface area contributed by atoms with E-state index in [-0.39, 0.29) is 11.7 Å². The predicted molar refractivity (Wildman–Crippen MR) is 105 cm³/mol. The van der Waals surface area contributed by atoms with Crippen molar-refractivity contribution in [2.45, 2.75) is 57.8 Å². The molecule has 27 heavy (non-hydrogen) atoms. The van der Waals surface area contributed by atoms with Crippen LogP contribution in [-0.4, -0.2) is 45.2 Å². The molecule has 0 N–H and O–H groups in total. The molecule has 1 saturated heterocycles. The number of carbonyl (C=O) groups excluding carboxylic acids is 1. The highest BCUT2D eigenvalue weighted by Gasteiger charge is 2.24. The first kappa shape index (κ1) is 19.8.